The molecule has 2 nitrogen and oxygen atoms in total. The minimum Gasteiger partial charge on any atom is -0.497 e. The van der Waals surface area contributed by atoms with Gasteiger partial charge in [0, 0.05) is 11.1 Å². The van der Waals surface area contributed by atoms with Gasteiger partial charge in [-0.2, -0.15) is 0 Å². The van der Waals surface area contributed by atoms with E-state index in [-0.39, 0.29) is 6.04 Å². The maximum Gasteiger partial charge on any atom is 0.118 e. The number of methoxy groups -OCH3 is 1. The summed E-state index contributed by atoms with van der Waals surface area (Å²) in [4.78, 5) is 0. The molecule has 1 atom stereocenters. The van der Waals surface area contributed by atoms with Crippen molar-refractivity contribution in [2.45, 2.75) is 12.5 Å². The summed E-state index contributed by atoms with van der Waals surface area (Å²) < 4.78 is 5.17. The number of rotatable bonds is 5. The standard InChI is InChI=1S/C16H18ClNO/c1-18-16(13-4-3-5-14(17)11-13)10-12-6-8-15(19-2)9-7-12/h3-9,11,16,18H,10H2,1-2H3. The molecule has 0 amide bonds. The number of ether oxygens (including phenoxy) is 1. The summed E-state index contributed by atoms with van der Waals surface area (Å²) in [6.45, 7) is 0. The Morgan fingerprint density at radius 3 is 2.47 bits per heavy atom. The lowest BCUT2D eigenvalue weighted by Gasteiger charge is -2.17. The maximum atomic E-state index is 6.04. The van der Waals surface area contributed by atoms with Gasteiger partial charge in [-0.1, -0.05) is 35.9 Å². The van der Waals surface area contributed by atoms with Gasteiger partial charge in [0.1, 0.15) is 5.75 Å². The molecule has 100 valence electrons. The van der Waals surface area contributed by atoms with E-state index in [4.69, 9.17) is 16.3 Å². The smallest absolute Gasteiger partial charge is 0.118 e. The van der Waals surface area contributed by atoms with E-state index in [0.29, 0.717) is 0 Å². The van der Waals surface area contributed by atoms with Gasteiger partial charge in [-0.05, 0) is 48.9 Å². The molecule has 1 unspecified atom stereocenters. The van der Waals surface area contributed by atoms with Gasteiger partial charge >= 0.3 is 0 Å². The second-order valence-corrected chi connectivity index (χ2v) is 4.88. The van der Waals surface area contributed by atoms with Crippen molar-refractivity contribution >= 4 is 11.6 Å². The second kappa shape index (κ2) is 6.60. The average molecular weight is 276 g/mol. The van der Waals surface area contributed by atoms with E-state index in [1.165, 1.54) is 11.1 Å². The summed E-state index contributed by atoms with van der Waals surface area (Å²) in [6, 6.07) is 16.4. The number of hydrogen-bond acceptors (Lipinski definition) is 2. The third kappa shape index (κ3) is 3.72. The van der Waals surface area contributed by atoms with Gasteiger partial charge in [0.2, 0.25) is 0 Å². The molecule has 3 heteroatoms. The van der Waals surface area contributed by atoms with E-state index < -0.39 is 0 Å². The van der Waals surface area contributed by atoms with Crippen molar-refractivity contribution < 1.29 is 4.74 Å². The molecule has 2 aromatic rings. The van der Waals surface area contributed by atoms with Gasteiger partial charge in [-0.3, -0.25) is 0 Å². The molecule has 0 aliphatic carbocycles. The molecule has 0 aliphatic rings. The summed E-state index contributed by atoms with van der Waals surface area (Å²) in [5.74, 6) is 0.882. The molecule has 0 aromatic heterocycles. The third-order valence-electron chi connectivity index (χ3n) is 3.20. The molecule has 0 fully saturated rings. The van der Waals surface area contributed by atoms with Crippen LogP contribution < -0.4 is 10.1 Å². The van der Waals surface area contributed by atoms with Crippen LogP contribution >= 0.6 is 11.6 Å². The lowest BCUT2D eigenvalue weighted by molar-refractivity contribution is 0.414. The van der Waals surface area contributed by atoms with Gasteiger partial charge in [0.05, 0.1) is 7.11 Å². The Bertz CT molecular complexity index is 525. The Morgan fingerprint density at radius 2 is 1.89 bits per heavy atom. The first-order valence-corrected chi connectivity index (χ1v) is 6.66. The fraction of sp³-hybridized carbons (Fsp3) is 0.250. The third-order valence-corrected chi connectivity index (χ3v) is 3.43. The van der Waals surface area contributed by atoms with Crippen molar-refractivity contribution in [3.8, 4) is 5.75 Å². The highest BCUT2D eigenvalue weighted by Crippen LogP contribution is 2.22. The van der Waals surface area contributed by atoms with Crippen molar-refractivity contribution in [3.63, 3.8) is 0 Å². The Hall–Kier alpha value is -1.51. The van der Waals surface area contributed by atoms with Crippen LogP contribution in [0.4, 0.5) is 0 Å². The van der Waals surface area contributed by atoms with Crippen LogP contribution in [0, 0.1) is 0 Å². The Balaban J connectivity index is 2.14. The Morgan fingerprint density at radius 1 is 1.16 bits per heavy atom. The van der Waals surface area contributed by atoms with E-state index >= 15 is 0 Å². The molecule has 19 heavy (non-hydrogen) atoms. The van der Waals surface area contributed by atoms with E-state index in [0.717, 1.165) is 17.2 Å². The molecule has 0 heterocycles. The molecule has 1 N–H and O–H groups in total. The monoisotopic (exact) mass is 275 g/mol. The number of benzene rings is 2. The largest absolute Gasteiger partial charge is 0.497 e. The van der Waals surface area contributed by atoms with Gasteiger partial charge in [0.25, 0.3) is 0 Å². The topological polar surface area (TPSA) is 21.3 Å². The first-order valence-electron chi connectivity index (χ1n) is 6.28. The zero-order chi connectivity index (χ0) is 13.7. The van der Waals surface area contributed by atoms with Crippen molar-refractivity contribution in [2.24, 2.45) is 0 Å². The fourth-order valence-electron chi connectivity index (χ4n) is 2.11. The molecular formula is C16H18ClNO. The van der Waals surface area contributed by atoms with Crippen LogP contribution in [0.15, 0.2) is 48.5 Å². The predicted octanol–water partition coefficient (Wildman–Crippen LogP) is 3.85. The Labute approximate surface area is 119 Å². The highest BCUT2D eigenvalue weighted by Gasteiger charge is 2.10. The van der Waals surface area contributed by atoms with Crippen LogP contribution in [-0.4, -0.2) is 14.2 Å². The number of halogens is 1. The lowest BCUT2D eigenvalue weighted by atomic mass is 9.99. The quantitative estimate of drug-likeness (QED) is 0.895. The van der Waals surface area contributed by atoms with Crippen molar-refractivity contribution in [1.82, 2.24) is 5.32 Å². The van der Waals surface area contributed by atoms with E-state index in [1.807, 2.05) is 37.4 Å². The molecule has 0 saturated heterocycles. The van der Waals surface area contributed by atoms with Gasteiger partial charge < -0.3 is 10.1 Å². The van der Waals surface area contributed by atoms with Crippen LogP contribution in [0.2, 0.25) is 5.02 Å². The van der Waals surface area contributed by atoms with Crippen molar-refractivity contribution in [3.05, 3.63) is 64.7 Å². The zero-order valence-corrected chi connectivity index (χ0v) is 11.9. The van der Waals surface area contributed by atoms with Crippen molar-refractivity contribution in [2.75, 3.05) is 14.2 Å². The molecule has 2 aromatic carbocycles. The zero-order valence-electron chi connectivity index (χ0n) is 11.2. The lowest BCUT2D eigenvalue weighted by Crippen LogP contribution is -2.18. The first-order chi connectivity index (χ1) is 9.22. The number of likely N-dealkylation sites (N-methyl/N-ethyl adjacent to an activating group) is 1. The van der Waals surface area contributed by atoms with Gasteiger partial charge in [-0.25, -0.2) is 0 Å². The first kappa shape index (κ1) is 13.9. The molecule has 2 rings (SSSR count). The molecule has 0 bridgehead atoms. The van der Waals surface area contributed by atoms with Crippen LogP contribution in [-0.2, 0) is 6.42 Å². The summed E-state index contributed by atoms with van der Waals surface area (Å²) in [5, 5.41) is 4.10. The summed E-state index contributed by atoms with van der Waals surface area (Å²) >= 11 is 6.04. The summed E-state index contributed by atoms with van der Waals surface area (Å²) in [7, 11) is 3.65. The van der Waals surface area contributed by atoms with E-state index in [2.05, 4.69) is 23.5 Å². The summed E-state index contributed by atoms with van der Waals surface area (Å²) in [5.41, 5.74) is 2.46. The molecule has 0 radical (unpaired) electrons. The normalized spacial score (nSPS) is 12.2. The number of nitrogens with one attached hydrogen (secondary N) is 1. The minimum atomic E-state index is 0.257. The van der Waals surface area contributed by atoms with Crippen LogP contribution in [0.1, 0.15) is 17.2 Å². The van der Waals surface area contributed by atoms with E-state index in [9.17, 15) is 0 Å². The fourth-order valence-corrected chi connectivity index (χ4v) is 2.31. The highest BCUT2D eigenvalue weighted by molar-refractivity contribution is 6.30. The second-order valence-electron chi connectivity index (χ2n) is 4.45. The van der Waals surface area contributed by atoms with Crippen LogP contribution in [0.5, 0.6) is 5.75 Å². The van der Waals surface area contributed by atoms with Crippen molar-refractivity contribution in [1.29, 1.82) is 0 Å². The SMILES string of the molecule is CNC(Cc1ccc(OC)cc1)c1cccc(Cl)c1. The highest BCUT2D eigenvalue weighted by atomic mass is 35.5. The average Bonchev–Trinajstić information content (AvgIpc) is 2.45. The number of hydrogen-bond donors (Lipinski definition) is 1. The van der Waals surface area contributed by atoms with Gasteiger partial charge in [0.15, 0.2) is 0 Å². The molecule has 0 spiro atoms. The maximum absolute atomic E-state index is 6.04. The Kier molecular flexibility index (Phi) is 4.83. The van der Waals surface area contributed by atoms with Gasteiger partial charge in [-0.15, -0.1) is 0 Å². The molecule has 0 aliphatic heterocycles. The predicted molar refractivity (Wildman–Crippen MR) is 80.0 cm³/mol. The van der Waals surface area contributed by atoms with Crippen LogP contribution in [0.3, 0.4) is 0 Å². The minimum absolute atomic E-state index is 0.257. The summed E-state index contributed by atoms with van der Waals surface area (Å²) in [6.07, 6.45) is 0.917. The molecular weight excluding hydrogens is 258 g/mol. The van der Waals surface area contributed by atoms with E-state index in [1.54, 1.807) is 7.11 Å². The molecule has 0 saturated carbocycles. The van der Waals surface area contributed by atoms with Crippen LogP contribution in [0.25, 0.3) is 0 Å².